The van der Waals surface area contributed by atoms with Crippen LogP contribution >= 0.6 is 0 Å². The van der Waals surface area contributed by atoms with Gasteiger partial charge in [0.15, 0.2) is 0 Å². The Bertz CT molecular complexity index is 1500. The topological polar surface area (TPSA) is 50.3 Å². The van der Waals surface area contributed by atoms with Gasteiger partial charge in [-0.3, -0.25) is 0 Å². The molecule has 33 heavy (non-hydrogen) atoms. The Morgan fingerprint density at radius 3 is 1.36 bits per heavy atom. The number of fused-ring (bicyclic) bond motifs is 6. The quantitative estimate of drug-likeness (QED) is 0.339. The minimum absolute atomic E-state index is 0.0568. The Kier molecular flexibility index (Phi) is 4.90. The van der Waals surface area contributed by atoms with Gasteiger partial charge in [-0.1, -0.05) is 48.5 Å². The minimum atomic E-state index is 0.0568. The lowest BCUT2D eigenvalue weighted by molar-refractivity contribution is 0.282. The smallest absolute Gasteiger partial charge is 0.0682 e. The van der Waals surface area contributed by atoms with Gasteiger partial charge in [-0.15, -0.1) is 0 Å². The number of nitrogens with zero attached hydrogens (tertiary/aromatic N) is 2. The van der Waals surface area contributed by atoms with Crippen molar-refractivity contribution in [1.82, 2.24) is 9.13 Å². The van der Waals surface area contributed by atoms with Gasteiger partial charge in [0, 0.05) is 56.7 Å². The summed E-state index contributed by atoms with van der Waals surface area (Å²) in [6.45, 7) is 1.93. The molecule has 0 amide bonds. The van der Waals surface area contributed by atoms with Crippen LogP contribution in [0.2, 0.25) is 0 Å². The second-order valence-electron chi connectivity index (χ2n) is 8.71. The molecule has 4 heteroatoms. The molecule has 0 aliphatic rings. The highest BCUT2D eigenvalue weighted by Crippen LogP contribution is 2.32. The van der Waals surface area contributed by atoms with Crippen LogP contribution in [-0.4, -0.2) is 19.3 Å². The highest BCUT2D eigenvalue weighted by Gasteiger charge is 2.13. The van der Waals surface area contributed by atoms with Gasteiger partial charge in [0.1, 0.15) is 0 Å². The van der Waals surface area contributed by atoms with Gasteiger partial charge in [0.2, 0.25) is 0 Å². The molecule has 0 aliphatic heterocycles. The van der Waals surface area contributed by atoms with Crippen LogP contribution in [0.1, 0.15) is 17.5 Å². The van der Waals surface area contributed by atoms with E-state index in [4.69, 9.17) is 0 Å². The number of aliphatic hydroxyl groups excluding tert-OH is 2. The van der Waals surface area contributed by atoms with E-state index < -0.39 is 0 Å². The molecule has 0 aliphatic carbocycles. The third kappa shape index (κ3) is 3.22. The lowest BCUT2D eigenvalue weighted by Crippen LogP contribution is -2.04. The fourth-order valence-corrected chi connectivity index (χ4v) is 5.27. The van der Waals surface area contributed by atoms with E-state index in [0.29, 0.717) is 0 Å². The van der Waals surface area contributed by atoms with E-state index in [0.717, 1.165) is 30.6 Å². The molecule has 0 fully saturated rings. The molecular weight excluding hydrogens is 408 g/mol. The first kappa shape index (κ1) is 20.0. The van der Waals surface area contributed by atoms with E-state index in [-0.39, 0.29) is 13.2 Å². The van der Waals surface area contributed by atoms with Crippen molar-refractivity contribution in [2.24, 2.45) is 0 Å². The van der Waals surface area contributed by atoms with Gasteiger partial charge in [-0.2, -0.15) is 0 Å². The zero-order valence-corrected chi connectivity index (χ0v) is 18.4. The molecule has 0 bridgehead atoms. The highest BCUT2D eigenvalue weighted by atomic mass is 16.3. The minimum Gasteiger partial charge on any atom is -0.392 e. The molecular formula is C29H26N2O2. The standard InChI is InChI=1S/C29H26N2O2/c32-18-20-10-12-28-24(16-20)22-6-1-3-8-26(22)30(28)14-5-15-31-27-9-4-2-7-23(27)25-17-21(19-33)11-13-29(25)31/h1-4,6-13,16-17,32-33H,5,14-15,18-19H2. The Morgan fingerprint density at radius 1 is 0.485 bits per heavy atom. The maximum atomic E-state index is 9.61. The van der Waals surface area contributed by atoms with Crippen LogP contribution in [0.3, 0.4) is 0 Å². The molecule has 6 aromatic rings. The Labute approximate surface area is 191 Å². The second-order valence-corrected chi connectivity index (χ2v) is 8.71. The molecule has 4 nitrogen and oxygen atoms in total. The molecule has 6 rings (SSSR count). The first-order valence-electron chi connectivity index (χ1n) is 11.5. The van der Waals surface area contributed by atoms with E-state index in [2.05, 4.69) is 81.9 Å². The summed E-state index contributed by atoms with van der Waals surface area (Å²) in [5.74, 6) is 0. The summed E-state index contributed by atoms with van der Waals surface area (Å²) in [5, 5.41) is 24.1. The molecule has 2 aromatic heterocycles. The second kappa shape index (κ2) is 8.07. The first-order valence-corrected chi connectivity index (χ1v) is 11.5. The number of aliphatic hydroxyl groups is 2. The van der Waals surface area contributed by atoms with Crippen molar-refractivity contribution in [2.75, 3.05) is 0 Å². The molecule has 2 heterocycles. The summed E-state index contributed by atoms with van der Waals surface area (Å²) in [7, 11) is 0. The number of benzene rings is 4. The Morgan fingerprint density at radius 2 is 0.909 bits per heavy atom. The van der Waals surface area contributed by atoms with Crippen LogP contribution in [0.5, 0.6) is 0 Å². The molecule has 0 atom stereocenters. The van der Waals surface area contributed by atoms with Crippen molar-refractivity contribution in [1.29, 1.82) is 0 Å². The molecule has 0 spiro atoms. The number of hydrogen-bond donors (Lipinski definition) is 2. The van der Waals surface area contributed by atoms with Crippen LogP contribution in [0.15, 0.2) is 84.9 Å². The summed E-state index contributed by atoms with van der Waals surface area (Å²) in [6.07, 6.45) is 0.991. The SMILES string of the molecule is OCc1ccc2c(c1)c1ccccc1n2CCCn1c2ccccc2c2cc(CO)ccc21. The number of aromatic nitrogens is 2. The maximum absolute atomic E-state index is 9.61. The molecule has 0 saturated heterocycles. The van der Waals surface area contributed by atoms with Crippen molar-refractivity contribution >= 4 is 43.6 Å². The molecule has 0 saturated carbocycles. The van der Waals surface area contributed by atoms with Crippen LogP contribution in [0.25, 0.3) is 43.6 Å². The predicted molar refractivity (Wildman–Crippen MR) is 135 cm³/mol. The largest absolute Gasteiger partial charge is 0.392 e. The predicted octanol–water partition coefficient (Wildman–Crippen LogP) is 5.98. The van der Waals surface area contributed by atoms with Crippen molar-refractivity contribution in [3.8, 4) is 0 Å². The summed E-state index contributed by atoms with van der Waals surface area (Å²) in [6, 6.07) is 29.6. The fraction of sp³-hybridized carbons (Fsp3) is 0.172. The zero-order valence-electron chi connectivity index (χ0n) is 18.4. The van der Waals surface area contributed by atoms with Crippen LogP contribution in [0.4, 0.5) is 0 Å². The summed E-state index contributed by atoms with van der Waals surface area (Å²) >= 11 is 0. The first-order chi connectivity index (χ1) is 16.3. The van der Waals surface area contributed by atoms with Gasteiger partial charge >= 0.3 is 0 Å². The van der Waals surface area contributed by atoms with Crippen LogP contribution in [0, 0.1) is 0 Å². The summed E-state index contributed by atoms with van der Waals surface area (Å²) in [4.78, 5) is 0. The Hall–Kier alpha value is -3.60. The maximum Gasteiger partial charge on any atom is 0.0682 e. The lowest BCUT2D eigenvalue weighted by Gasteiger charge is -2.11. The van der Waals surface area contributed by atoms with Gasteiger partial charge in [0.05, 0.1) is 13.2 Å². The van der Waals surface area contributed by atoms with Crippen LogP contribution in [-0.2, 0) is 26.3 Å². The Balaban J connectivity index is 1.39. The van der Waals surface area contributed by atoms with E-state index >= 15 is 0 Å². The zero-order chi connectivity index (χ0) is 22.4. The highest BCUT2D eigenvalue weighted by molar-refractivity contribution is 6.09. The van der Waals surface area contributed by atoms with E-state index in [9.17, 15) is 10.2 Å². The third-order valence-corrected chi connectivity index (χ3v) is 6.80. The average Bonchev–Trinajstić information content (AvgIpc) is 3.36. The van der Waals surface area contributed by atoms with E-state index in [1.165, 1.54) is 43.6 Å². The summed E-state index contributed by atoms with van der Waals surface area (Å²) in [5.41, 5.74) is 6.78. The molecule has 0 unspecified atom stereocenters. The molecule has 2 N–H and O–H groups in total. The monoisotopic (exact) mass is 434 g/mol. The van der Waals surface area contributed by atoms with Crippen molar-refractivity contribution < 1.29 is 10.2 Å². The van der Waals surface area contributed by atoms with Gasteiger partial charge in [-0.25, -0.2) is 0 Å². The van der Waals surface area contributed by atoms with Crippen LogP contribution < -0.4 is 0 Å². The van der Waals surface area contributed by atoms with Crippen molar-refractivity contribution in [3.63, 3.8) is 0 Å². The van der Waals surface area contributed by atoms with Gasteiger partial charge in [-0.05, 0) is 53.9 Å². The molecule has 0 radical (unpaired) electrons. The van der Waals surface area contributed by atoms with Crippen molar-refractivity contribution in [2.45, 2.75) is 32.7 Å². The molecule has 164 valence electrons. The van der Waals surface area contributed by atoms with E-state index in [1.54, 1.807) is 0 Å². The fourth-order valence-electron chi connectivity index (χ4n) is 5.27. The third-order valence-electron chi connectivity index (χ3n) is 6.80. The lowest BCUT2D eigenvalue weighted by atomic mass is 10.1. The number of hydrogen-bond acceptors (Lipinski definition) is 2. The summed E-state index contributed by atoms with van der Waals surface area (Å²) < 4.78 is 4.81. The van der Waals surface area contributed by atoms with E-state index in [1.807, 2.05) is 12.1 Å². The number of para-hydroxylation sites is 2. The average molecular weight is 435 g/mol. The number of rotatable bonds is 6. The van der Waals surface area contributed by atoms with Gasteiger partial charge < -0.3 is 19.3 Å². The normalized spacial score (nSPS) is 11.9. The van der Waals surface area contributed by atoms with Gasteiger partial charge in [0.25, 0.3) is 0 Å². The number of aryl methyl sites for hydroxylation is 2. The molecule has 4 aromatic carbocycles. The van der Waals surface area contributed by atoms with Crippen molar-refractivity contribution in [3.05, 3.63) is 96.1 Å².